The predicted octanol–water partition coefficient (Wildman–Crippen LogP) is 4.48. The maximum atomic E-state index is 7.84. The molecule has 1 aliphatic heterocycles. The number of aryl methyl sites for hydroxylation is 1. The quantitative estimate of drug-likeness (QED) is 0.708. The molecule has 5 nitrogen and oxygen atoms in total. The topological polar surface area (TPSA) is 39.5 Å². The molecule has 0 saturated heterocycles. The molecule has 0 radical (unpaired) electrons. The second-order valence-electron chi connectivity index (χ2n) is 5.77. The molecule has 1 aliphatic rings. The molecule has 0 atom stereocenters. The molecule has 0 saturated carbocycles. The number of fused-ring (bicyclic) bond motifs is 1. The molecule has 0 unspecified atom stereocenters. The molecule has 5 heteroatoms. The zero-order valence-electron chi connectivity index (χ0n) is 16.1. The number of nitrogens with zero attached hydrogens (tertiary/aromatic N) is 4. The number of hydrogen-bond donors (Lipinski definition) is 1. The molecule has 0 bridgehead atoms. The average molecular weight is 318 g/mol. The number of benzene rings is 2. The summed E-state index contributed by atoms with van der Waals surface area (Å²) in [5.41, 5.74) is 5.20. The van der Waals surface area contributed by atoms with E-state index in [1.54, 1.807) is 18.2 Å². The van der Waals surface area contributed by atoms with Crippen molar-refractivity contribution in [3.8, 4) is 11.3 Å². The van der Waals surface area contributed by atoms with Crippen molar-refractivity contribution < 1.29 is 4.11 Å². The summed E-state index contributed by atoms with van der Waals surface area (Å²) in [5, 5.41) is 7.19. The Bertz CT molecular complexity index is 1050. The molecule has 0 fully saturated rings. The van der Waals surface area contributed by atoms with Gasteiger partial charge in [-0.2, -0.15) is 5.10 Å². The molecule has 24 heavy (non-hydrogen) atoms. The van der Waals surface area contributed by atoms with Gasteiger partial charge in [0.25, 0.3) is 0 Å². The standard InChI is InChI=1S/C19H17N5/c1-13-8-17(22-21-13)14-9-15(20-2)11-16(10-14)24-12-23(3)18-6-4-5-7-19(18)24/h4-11H,12H2,1,3H3,(H,21,22)/i3D3. The van der Waals surface area contributed by atoms with E-state index in [4.69, 9.17) is 10.7 Å². The molecule has 118 valence electrons. The average Bonchev–Trinajstić information content (AvgIpc) is 3.25. The number of rotatable bonds is 2. The number of nitrogens with one attached hydrogen (secondary N) is 1. The van der Waals surface area contributed by atoms with Gasteiger partial charge in [0, 0.05) is 22.5 Å². The van der Waals surface area contributed by atoms with Gasteiger partial charge < -0.3 is 9.80 Å². The number of para-hydroxylation sites is 2. The molecular weight excluding hydrogens is 298 g/mol. The Hall–Kier alpha value is -3.26. The van der Waals surface area contributed by atoms with Gasteiger partial charge in [0.05, 0.1) is 30.3 Å². The van der Waals surface area contributed by atoms with Crippen molar-refractivity contribution >= 4 is 22.7 Å². The third-order valence-corrected chi connectivity index (χ3v) is 4.09. The minimum Gasteiger partial charge on any atom is -0.355 e. The second-order valence-corrected chi connectivity index (χ2v) is 5.77. The Balaban J connectivity index is 1.83. The molecule has 0 amide bonds. The normalized spacial score (nSPS) is 15.4. The van der Waals surface area contributed by atoms with Crippen molar-refractivity contribution in [2.24, 2.45) is 0 Å². The van der Waals surface area contributed by atoms with Gasteiger partial charge in [-0.15, -0.1) is 0 Å². The van der Waals surface area contributed by atoms with Gasteiger partial charge in [0.15, 0.2) is 5.69 Å². The van der Waals surface area contributed by atoms with E-state index in [9.17, 15) is 0 Å². The third-order valence-electron chi connectivity index (χ3n) is 4.09. The Labute approximate surface area is 145 Å². The van der Waals surface area contributed by atoms with E-state index >= 15 is 0 Å². The van der Waals surface area contributed by atoms with Crippen LogP contribution < -0.4 is 9.80 Å². The van der Waals surface area contributed by atoms with Crippen molar-refractivity contribution in [3.05, 3.63) is 65.6 Å². The van der Waals surface area contributed by atoms with E-state index in [0.717, 1.165) is 28.3 Å². The molecule has 2 aromatic carbocycles. The highest BCUT2D eigenvalue weighted by Gasteiger charge is 2.24. The van der Waals surface area contributed by atoms with Gasteiger partial charge >= 0.3 is 0 Å². The first-order chi connectivity index (χ1) is 12.9. The van der Waals surface area contributed by atoms with Gasteiger partial charge in [-0.05, 0) is 48.9 Å². The SMILES string of the molecule is [2H]C([2H])([2H])N1CN(c2cc([N+]#[C-])cc(-c3cc(C)[nH]n3)c2)c2ccccc21. The van der Waals surface area contributed by atoms with E-state index in [-0.39, 0.29) is 6.67 Å². The van der Waals surface area contributed by atoms with Crippen molar-refractivity contribution in [3.63, 3.8) is 0 Å². The van der Waals surface area contributed by atoms with Gasteiger partial charge in [-0.25, -0.2) is 4.85 Å². The van der Waals surface area contributed by atoms with Gasteiger partial charge in [0.1, 0.15) is 0 Å². The Morgan fingerprint density at radius 2 is 2.04 bits per heavy atom. The van der Waals surface area contributed by atoms with E-state index in [0.29, 0.717) is 11.4 Å². The van der Waals surface area contributed by atoms with E-state index < -0.39 is 6.98 Å². The van der Waals surface area contributed by atoms with Crippen LogP contribution >= 0.6 is 0 Å². The molecule has 2 heterocycles. The predicted molar refractivity (Wildman–Crippen MR) is 96.9 cm³/mol. The first-order valence-electron chi connectivity index (χ1n) is 9.06. The number of hydrogen-bond acceptors (Lipinski definition) is 3. The fourth-order valence-corrected chi connectivity index (χ4v) is 2.96. The maximum absolute atomic E-state index is 7.84. The molecule has 1 N–H and O–H groups in total. The van der Waals surface area contributed by atoms with Crippen molar-refractivity contribution in [1.29, 1.82) is 0 Å². The summed E-state index contributed by atoms with van der Waals surface area (Å²) in [7, 11) is 0. The van der Waals surface area contributed by atoms with E-state index in [2.05, 4.69) is 15.0 Å². The lowest BCUT2D eigenvalue weighted by molar-refractivity contribution is 0.950. The Kier molecular flexibility index (Phi) is 2.56. The summed E-state index contributed by atoms with van der Waals surface area (Å²) in [6, 6.07) is 14.8. The first kappa shape index (κ1) is 11.3. The summed E-state index contributed by atoms with van der Waals surface area (Å²) in [6.07, 6.45) is 0. The summed E-state index contributed by atoms with van der Waals surface area (Å²) >= 11 is 0. The van der Waals surface area contributed by atoms with Crippen LogP contribution in [0, 0.1) is 13.5 Å². The van der Waals surface area contributed by atoms with Crippen LogP contribution in [-0.4, -0.2) is 23.8 Å². The fraction of sp³-hybridized carbons (Fsp3) is 0.158. The third kappa shape index (κ3) is 2.29. The summed E-state index contributed by atoms with van der Waals surface area (Å²) in [5.74, 6) is 0. The number of H-pyrrole nitrogens is 1. The Morgan fingerprint density at radius 1 is 1.21 bits per heavy atom. The zero-order chi connectivity index (χ0) is 19.2. The fourth-order valence-electron chi connectivity index (χ4n) is 2.96. The monoisotopic (exact) mass is 318 g/mol. The number of aromatic nitrogens is 2. The van der Waals surface area contributed by atoms with Crippen LogP contribution in [0.5, 0.6) is 0 Å². The lowest BCUT2D eigenvalue weighted by Crippen LogP contribution is -2.23. The number of aromatic amines is 1. The van der Waals surface area contributed by atoms with Crippen LogP contribution in [0.1, 0.15) is 9.81 Å². The van der Waals surface area contributed by atoms with E-state index in [1.165, 1.54) is 4.90 Å². The largest absolute Gasteiger partial charge is 0.355 e. The molecule has 4 rings (SSSR count). The van der Waals surface area contributed by atoms with Crippen LogP contribution in [0.25, 0.3) is 16.1 Å². The molecule has 0 spiro atoms. The van der Waals surface area contributed by atoms with Crippen LogP contribution in [-0.2, 0) is 0 Å². The van der Waals surface area contributed by atoms with Gasteiger partial charge in [-0.3, -0.25) is 5.10 Å². The lowest BCUT2D eigenvalue weighted by Gasteiger charge is -2.20. The highest BCUT2D eigenvalue weighted by molar-refractivity contribution is 5.85. The van der Waals surface area contributed by atoms with Crippen LogP contribution in [0.4, 0.5) is 22.7 Å². The minimum absolute atomic E-state index is 0.191. The molecule has 0 aliphatic carbocycles. The highest BCUT2D eigenvalue weighted by atomic mass is 15.4. The van der Waals surface area contributed by atoms with Gasteiger partial charge in [0.2, 0.25) is 0 Å². The van der Waals surface area contributed by atoms with Crippen LogP contribution in [0.3, 0.4) is 0 Å². The maximum Gasteiger partial charge on any atom is 0.189 e. The highest BCUT2D eigenvalue weighted by Crippen LogP contribution is 2.41. The van der Waals surface area contributed by atoms with Crippen molar-refractivity contribution in [1.82, 2.24) is 10.2 Å². The molecule has 3 aromatic rings. The summed E-state index contributed by atoms with van der Waals surface area (Å²) < 4.78 is 23.5. The Morgan fingerprint density at radius 3 is 2.75 bits per heavy atom. The zero-order valence-corrected chi connectivity index (χ0v) is 13.1. The van der Waals surface area contributed by atoms with Gasteiger partial charge in [-0.1, -0.05) is 12.1 Å². The molecular formula is C19H17N5. The lowest BCUT2D eigenvalue weighted by atomic mass is 10.1. The van der Waals surface area contributed by atoms with Crippen molar-refractivity contribution in [2.75, 3.05) is 23.4 Å². The minimum atomic E-state index is -2.25. The van der Waals surface area contributed by atoms with Crippen molar-refractivity contribution in [2.45, 2.75) is 6.92 Å². The summed E-state index contributed by atoms with van der Waals surface area (Å²) in [6.45, 7) is 7.30. The second kappa shape index (κ2) is 5.43. The summed E-state index contributed by atoms with van der Waals surface area (Å²) in [4.78, 5) is 6.89. The molecule has 1 aromatic heterocycles. The number of anilines is 3. The van der Waals surface area contributed by atoms with Crippen LogP contribution in [0.15, 0.2) is 48.5 Å². The van der Waals surface area contributed by atoms with Crippen LogP contribution in [0.2, 0.25) is 0 Å². The van der Waals surface area contributed by atoms with E-state index in [1.807, 2.05) is 42.2 Å². The smallest absolute Gasteiger partial charge is 0.189 e. The first-order valence-corrected chi connectivity index (χ1v) is 7.56.